The lowest BCUT2D eigenvalue weighted by molar-refractivity contribution is -0.114. The number of anilines is 1. The lowest BCUT2D eigenvalue weighted by atomic mass is 10.1. The van der Waals surface area contributed by atoms with Crippen molar-refractivity contribution in [3.05, 3.63) is 42.0 Å². The van der Waals surface area contributed by atoms with Gasteiger partial charge in [-0.05, 0) is 50.6 Å². The quantitative estimate of drug-likeness (QED) is 0.929. The Labute approximate surface area is 125 Å². The van der Waals surface area contributed by atoms with E-state index in [1.165, 1.54) is 6.92 Å². The maximum Gasteiger partial charge on any atom is 0.222 e. The molecule has 0 unspecified atom stereocenters. The predicted octanol–water partition coefficient (Wildman–Crippen LogP) is 3.80. The third-order valence-electron chi connectivity index (χ3n) is 2.83. The number of aromatic nitrogens is 1. The molecule has 0 fully saturated rings. The summed E-state index contributed by atoms with van der Waals surface area (Å²) in [6.45, 7) is 7.48. The Morgan fingerprint density at radius 3 is 2.67 bits per heavy atom. The summed E-state index contributed by atoms with van der Waals surface area (Å²) in [6.07, 6.45) is 0.0871. The summed E-state index contributed by atoms with van der Waals surface area (Å²) >= 11 is 0. The smallest absolute Gasteiger partial charge is 0.222 e. The van der Waals surface area contributed by atoms with Crippen molar-refractivity contribution in [3.8, 4) is 17.0 Å². The maximum atomic E-state index is 11.1. The van der Waals surface area contributed by atoms with Gasteiger partial charge in [0.05, 0.1) is 11.8 Å². The van der Waals surface area contributed by atoms with Gasteiger partial charge in [-0.25, -0.2) is 4.98 Å². The highest BCUT2D eigenvalue weighted by atomic mass is 16.5. The van der Waals surface area contributed by atoms with Gasteiger partial charge in [0, 0.05) is 12.5 Å². The van der Waals surface area contributed by atoms with Gasteiger partial charge in [-0.2, -0.15) is 0 Å². The van der Waals surface area contributed by atoms with Crippen LogP contribution in [0.4, 0.5) is 5.82 Å². The normalized spacial score (nSPS) is 10.5. The molecule has 1 N–H and O–H groups in total. The van der Waals surface area contributed by atoms with Crippen molar-refractivity contribution < 1.29 is 9.53 Å². The van der Waals surface area contributed by atoms with Crippen molar-refractivity contribution in [2.24, 2.45) is 0 Å². The summed E-state index contributed by atoms with van der Waals surface area (Å²) in [5.41, 5.74) is 2.82. The summed E-state index contributed by atoms with van der Waals surface area (Å²) in [5.74, 6) is 1.20. The first-order valence-corrected chi connectivity index (χ1v) is 6.98. The van der Waals surface area contributed by atoms with Gasteiger partial charge in [-0.1, -0.05) is 12.1 Å². The van der Waals surface area contributed by atoms with E-state index in [0.717, 1.165) is 22.6 Å². The molecular formula is C17H20N2O2. The number of benzene rings is 1. The van der Waals surface area contributed by atoms with Crippen LogP contribution in [-0.4, -0.2) is 17.0 Å². The average Bonchev–Trinajstić information content (AvgIpc) is 2.37. The largest absolute Gasteiger partial charge is 0.490 e. The second-order valence-electron chi connectivity index (χ2n) is 5.26. The molecule has 1 heterocycles. The number of amides is 1. The summed E-state index contributed by atoms with van der Waals surface area (Å²) in [4.78, 5) is 15.6. The monoisotopic (exact) mass is 284 g/mol. The molecule has 1 amide bonds. The zero-order chi connectivity index (χ0) is 15.4. The molecule has 1 aromatic carbocycles. The standard InChI is InChI=1S/C17H20N2O2/c1-11(2)21-16-10-12(3)8-9-14(16)15-6-5-7-17(19-15)18-13(4)20/h5-11H,1-4H3,(H,18,19,20). The fraction of sp³-hybridized carbons (Fsp3) is 0.294. The molecular weight excluding hydrogens is 264 g/mol. The number of hydrogen-bond acceptors (Lipinski definition) is 3. The van der Waals surface area contributed by atoms with Crippen LogP contribution in [0.5, 0.6) is 5.75 Å². The predicted molar refractivity (Wildman–Crippen MR) is 84.5 cm³/mol. The first-order valence-electron chi connectivity index (χ1n) is 6.98. The van der Waals surface area contributed by atoms with Gasteiger partial charge in [0.15, 0.2) is 0 Å². The van der Waals surface area contributed by atoms with Gasteiger partial charge in [-0.15, -0.1) is 0 Å². The van der Waals surface area contributed by atoms with Crippen molar-refractivity contribution >= 4 is 11.7 Å². The molecule has 0 radical (unpaired) electrons. The van der Waals surface area contributed by atoms with E-state index in [9.17, 15) is 4.79 Å². The van der Waals surface area contributed by atoms with Crippen LogP contribution in [0.1, 0.15) is 26.3 Å². The molecule has 0 aliphatic carbocycles. The van der Waals surface area contributed by atoms with Crippen LogP contribution in [0, 0.1) is 6.92 Å². The van der Waals surface area contributed by atoms with Crippen molar-refractivity contribution in [1.82, 2.24) is 4.98 Å². The summed E-state index contributed by atoms with van der Waals surface area (Å²) < 4.78 is 5.87. The molecule has 0 aliphatic heterocycles. The van der Waals surface area contributed by atoms with Crippen molar-refractivity contribution in [2.45, 2.75) is 33.8 Å². The highest BCUT2D eigenvalue weighted by Crippen LogP contribution is 2.31. The van der Waals surface area contributed by atoms with Crippen LogP contribution in [0.3, 0.4) is 0 Å². The lowest BCUT2D eigenvalue weighted by Crippen LogP contribution is -2.08. The molecule has 0 atom stereocenters. The Morgan fingerprint density at radius 2 is 2.00 bits per heavy atom. The van der Waals surface area contributed by atoms with E-state index in [0.29, 0.717) is 5.82 Å². The van der Waals surface area contributed by atoms with Crippen LogP contribution < -0.4 is 10.1 Å². The van der Waals surface area contributed by atoms with Crippen molar-refractivity contribution in [2.75, 3.05) is 5.32 Å². The molecule has 21 heavy (non-hydrogen) atoms. The second-order valence-corrected chi connectivity index (χ2v) is 5.26. The van der Waals surface area contributed by atoms with Gasteiger partial charge in [0.1, 0.15) is 11.6 Å². The van der Waals surface area contributed by atoms with Gasteiger partial charge >= 0.3 is 0 Å². The van der Waals surface area contributed by atoms with Crippen molar-refractivity contribution in [3.63, 3.8) is 0 Å². The third-order valence-corrected chi connectivity index (χ3v) is 2.83. The first-order chi connectivity index (χ1) is 9.95. The van der Waals surface area contributed by atoms with E-state index in [1.807, 2.05) is 51.1 Å². The topological polar surface area (TPSA) is 51.2 Å². The number of ether oxygens (including phenoxy) is 1. The van der Waals surface area contributed by atoms with E-state index in [1.54, 1.807) is 6.07 Å². The van der Waals surface area contributed by atoms with E-state index in [2.05, 4.69) is 10.3 Å². The number of hydrogen-bond donors (Lipinski definition) is 1. The van der Waals surface area contributed by atoms with E-state index >= 15 is 0 Å². The molecule has 0 aliphatic rings. The second kappa shape index (κ2) is 6.39. The average molecular weight is 284 g/mol. The fourth-order valence-corrected chi connectivity index (χ4v) is 2.03. The Morgan fingerprint density at radius 1 is 1.24 bits per heavy atom. The highest BCUT2D eigenvalue weighted by Gasteiger charge is 2.10. The SMILES string of the molecule is CC(=O)Nc1cccc(-c2ccc(C)cc2OC(C)C)n1. The van der Waals surface area contributed by atoms with Crippen LogP contribution in [0.25, 0.3) is 11.3 Å². The molecule has 110 valence electrons. The number of carbonyl (C=O) groups is 1. The highest BCUT2D eigenvalue weighted by molar-refractivity contribution is 5.88. The fourth-order valence-electron chi connectivity index (χ4n) is 2.03. The van der Waals surface area contributed by atoms with Crippen LogP contribution in [0.15, 0.2) is 36.4 Å². The number of aryl methyl sites for hydroxylation is 1. The molecule has 2 rings (SSSR count). The first kappa shape index (κ1) is 15.0. The third kappa shape index (κ3) is 4.05. The molecule has 0 bridgehead atoms. The zero-order valence-corrected chi connectivity index (χ0v) is 12.8. The van der Waals surface area contributed by atoms with Gasteiger partial charge < -0.3 is 10.1 Å². The summed E-state index contributed by atoms with van der Waals surface area (Å²) in [6, 6.07) is 11.6. The van der Waals surface area contributed by atoms with E-state index in [4.69, 9.17) is 4.74 Å². The van der Waals surface area contributed by atoms with Crippen molar-refractivity contribution in [1.29, 1.82) is 0 Å². The molecule has 4 nitrogen and oxygen atoms in total. The molecule has 4 heteroatoms. The molecule has 0 saturated carbocycles. The minimum Gasteiger partial charge on any atom is -0.490 e. The molecule has 2 aromatic rings. The van der Waals surface area contributed by atoms with E-state index in [-0.39, 0.29) is 12.0 Å². The Hall–Kier alpha value is -2.36. The van der Waals surface area contributed by atoms with Crippen LogP contribution in [-0.2, 0) is 4.79 Å². The number of rotatable bonds is 4. The van der Waals surface area contributed by atoms with Gasteiger partial charge in [0.25, 0.3) is 0 Å². The molecule has 0 spiro atoms. The summed E-state index contributed by atoms with van der Waals surface area (Å²) in [5, 5.41) is 2.70. The van der Waals surface area contributed by atoms with Gasteiger partial charge in [-0.3, -0.25) is 4.79 Å². The minimum atomic E-state index is -0.137. The minimum absolute atomic E-state index is 0.0871. The zero-order valence-electron chi connectivity index (χ0n) is 12.8. The van der Waals surface area contributed by atoms with Crippen LogP contribution >= 0.6 is 0 Å². The van der Waals surface area contributed by atoms with Crippen LogP contribution in [0.2, 0.25) is 0 Å². The molecule has 1 aromatic heterocycles. The Bertz CT molecular complexity index is 651. The number of nitrogens with zero attached hydrogens (tertiary/aromatic N) is 1. The Kier molecular flexibility index (Phi) is 4.58. The summed E-state index contributed by atoms with van der Waals surface area (Å²) in [7, 11) is 0. The Balaban J connectivity index is 2.43. The number of carbonyl (C=O) groups excluding carboxylic acids is 1. The van der Waals surface area contributed by atoms with Gasteiger partial charge in [0.2, 0.25) is 5.91 Å². The maximum absolute atomic E-state index is 11.1. The lowest BCUT2D eigenvalue weighted by Gasteiger charge is -2.15. The number of pyridine rings is 1. The molecule has 0 saturated heterocycles. The number of nitrogens with one attached hydrogen (secondary N) is 1. The van der Waals surface area contributed by atoms with E-state index < -0.39 is 0 Å².